The van der Waals surface area contributed by atoms with Gasteiger partial charge in [0, 0.05) is 40.1 Å². The van der Waals surface area contributed by atoms with Crippen molar-refractivity contribution in [1.82, 2.24) is 0 Å². The number of fused-ring (bicyclic) bond motifs is 1. The first kappa shape index (κ1) is 25.1. The predicted octanol–water partition coefficient (Wildman–Crippen LogP) is 5.39. The van der Waals surface area contributed by atoms with Crippen LogP contribution in [0.25, 0.3) is 11.0 Å². The lowest BCUT2D eigenvalue weighted by Crippen LogP contribution is -2.36. The maximum atomic E-state index is 13.9. The standard InChI is InChI=1S/C29H29NO6/c1-6-14-35-29(33)25-18(4)30-17(3)24(27(32)19-10-12-20(34-5)13-11-19)26(25)22-9-7-8-21-23(31)15-16(2)36-28(21)22/h7-13,15,25-26H,6,14H2,1-5H3. The van der Waals surface area contributed by atoms with E-state index in [-0.39, 0.29) is 17.8 Å². The summed E-state index contributed by atoms with van der Waals surface area (Å²) in [4.78, 5) is 44.7. The second-order valence-electron chi connectivity index (χ2n) is 8.88. The van der Waals surface area contributed by atoms with Crippen molar-refractivity contribution < 1.29 is 23.5 Å². The van der Waals surface area contributed by atoms with E-state index in [4.69, 9.17) is 13.9 Å². The van der Waals surface area contributed by atoms with Gasteiger partial charge in [-0.1, -0.05) is 19.1 Å². The fraction of sp³-hybridized carbons (Fsp3) is 0.310. The van der Waals surface area contributed by atoms with Crippen molar-refractivity contribution in [3.63, 3.8) is 0 Å². The molecule has 0 bridgehead atoms. The first-order valence-electron chi connectivity index (χ1n) is 11.9. The Bertz CT molecular complexity index is 1440. The van der Waals surface area contributed by atoms with Gasteiger partial charge in [0.1, 0.15) is 23.0 Å². The second kappa shape index (κ2) is 10.3. The highest BCUT2D eigenvalue weighted by molar-refractivity contribution is 6.14. The quantitative estimate of drug-likeness (QED) is 0.327. The number of carbonyl (C=O) groups is 2. The van der Waals surface area contributed by atoms with Crippen LogP contribution in [0.15, 0.2) is 74.0 Å². The number of para-hydroxylation sites is 1. The number of hydrogen-bond donors (Lipinski definition) is 0. The first-order chi connectivity index (χ1) is 17.3. The summed E-state index contributed by atoms with van der Waals surface area (Å²) >= 11 is 0. The molecule has 0 saturated heterocycles. The van der Waals surface area contributed by atoms with Crippen LogP contribution in [0.5, 0.6) is 5.75 Å². The zero-order chi connectivity index (χ0) is 26.0. The third kappa shape index (κ3) is 4.61. The number of ketones is 1. The van der Waals surface area contributed by atoms with E-state index in [1.54, 1.807) is 70.3 Å². The van der Waals surface area contributed by atoms with Gasteiger partial charge in [0.15, 0.2) is 11.2 Å². The van der Waals surface area contributed by atoms with Gasteiger partial charge in [-0.05, 0) is 57.5 Å². The smallest absolute Gasteiger partial charge is 0.315 e. The molecule has 2 heterocycles. The Morgan fingerprint density at radius 2 is 1.78 bits per heavy atom. The number of methoxy groups -OCH3 is 1. The summed E-state index contributed by atoms with van der Waals surface area (Å²) in [6.45, 7) is 7.38. The topological polar surface area (TPSA) is 95.2 Å². The van der Waals surface area contributed by atoms with Crippen molar-refractivity contribution in [3.8, 4) is 5.75 Å². The Hall–Kier alpha value is -4.00. The highest BCUT2D eigenvalue weighted by Gasteiger charge is 2.43. The molecular weight excluding hydrogens is 458 g/mol. The third-order valence-electron chi connectivity index (χ3n) is 6.37. The molecule has 0 spiro atoms. The molecule has 7 nitrogen and oxygen atoms in total. The van der Waals surface area contributed by atoms with E-state index in [1.165, 1.54) is 6.07 Å². The average molecular weight is 488 g/mol. The Kier molecular flexibility index (Phi) is 7.20. The van der Waals surface area contributed by atoms with E-state index in [2.05, 4.69) is 4.99 Å². The number of allylic oxidation sites excluding steroid dienone is 2. The number of hydrogen-bond acceptors (Lipinski definition) is 7. The maximum Gasteiger partial charge on any atom is 0.315 e. The number of Topliss-reactive ketones (excluding diaryl/α,β-unsaturated/α-hetero) is 1. The van der Waals surface area contributed by atoms with Crippen LogP contribution >= 0.6 is 0 Å². The van der Waals surface area contributed by atoms with Crippen molar-refractivity contribution in [2.24, 2.45) is 10.9 Å². The highest BCUT2D eigenvalue weighted by atomic mass is 16.5. The Balaban J connectivity index is 1.97. The molecule has 0 radical (unpaired) electrons. The fourth-order valence-corrected chi connectivity index (χ4v) is 4.73. The van der Waals surface area contributed by atoms with Crippen LogP contribution < -0.4 is 10.2 Å². The summed E-state index contributed by atoms with van der Waals surface area (Å²) in [6.07, 6.45) is 0.661. The fourth-order valence-electron chi connectivity index (χ4n) is 4.73. The molecule has 1 aliphatic rings. The summed E-state index contributed by atoms with van der Waals surface area (Å²) < 4.78 is 16.8. The SMILES string of the molecule is CCCOC(=O)C1C(C)=NC(C)=C(C(=O)c2ccc(OC)cc2)C1c1cccc2c(=O)cc(C)oc12. The summed E-state index contributed by atoms with van der Waals surface area (Å²) in [7, 11) is 1.56. The molecule has 2 unspecified atom stereocenters. The number of nitrogens with zero attached hydrogens (tertiary/aromatic N) is 1. The molecule has 1 aliphatic heterocycles. The number of carbonyl (C=O) groups excluding carboxylic acids is 2. The van der Waals surface area contributed by atoms with Gasteiger partial charge in [0.25, 0.3) is 0 Å². The maximum absolute atomic E-state index is 13.9. The van der Waals surface area contributed by atoms with Gasteiger partial charge in [-0.15, -0.1) is 0 Å². The molecule has 1 aromatic heterocycles. The number of ether oxygens (including phenoxy) is 2. The molecule has 2 aromatic carbocycles. The average Bonchev–Trinajstić information content (AvgIpc) is 2.86. The minimum absolute atomic E-state index is 0.189. The van der Waals surface area contributed by atoms with Crippen LogP contribution in [0.1, 0.15) is 54.8 Å². The molecule has 0 saturated carbocycles. The second-order valence-corrected chi connectivity index (χ2v) is 8.88. The van der Waals surface area contributed by atoms with Crippen LogP contribution in [0.3, 0.4) is 0 Å². The molecule has 7 heteroatoms. The van der Waals surface area contributed by atoms with Crippen molar-refractivity contribution in [2.75, 3.05) is 13.7 Å². The van der Waals surface area contributed by atoms with Gasteiger partial charge in [-0.25, -0.2) is 0 Å². The molecule has 36 heavy (non-hydrogen) atoms. The summed E-state index contributed by atoms with van der Waals surface area (Å²) in [5.74, 6) is -1.28. The van der Waals surface area contributed by atoms with Crippen molar-refractivity contribution in [3.05, 3.63) is 86.9 Å². The summed E-state index contributed by atoms with van der Waals surface area (Å²) in [6, 6.07) is 13.4. The molecule has 2 atom stereocenters. The number of rotatable bonds is 7. The molecule has 3 aromatic rings. The van der Waals surface area contributed by atoms with Crippen LogP contribution in [0.4, 0.5) is 0 Å². The van der Waals surface area contributed by atoms with Crippen molar-refractivity contribution >= 4 is 28.4 Å². The Morgan fingerprint density at radius 1 is 1.06 bits per heavy atom. The van der Waals surface area contributed by atoms with Crippen LogP contribution in [0, 0.1) is 12.8 Å². The van der Waals surface area contributed by atoms with E-state index in [0.717, 1.165) is 0 Å². The molecule has 4 rings (SSSR count). The van der Waals surface area contributed by atoms with Crippen LogP contribution in [-0.4, -0.2) is 31.2 Å². The first-order valence-corrected chi connectivity index (χ1v) is 11.9. The minimum atomic E-state index is -0.853. The number of esters is 1. The van der Waals surface area contributed by atoms with E-state index in [0.29, 0.717) is 57.0 Å². The van der Waals surface area contributed by atoms with Crippen LogP contribution in [-0.2, 0) is 9.53 Å². The molecule has 0 aliphatic carbocycles. The van der Waals surface area contributed by atoms with E-state index in [1.807, 2.05) is 6.92 Å². The van der Waals surface area contributed by atoms with E-state index >= 15 is 0 Å². The van der Waals surface area contributed by atoms with Gasteiger partial charge in [-0.2, -0.15) is 0 Å². The largest absolute Gasteiger partial charge is 0.497 e. The molecular formula is C29H29NO6. The highest BCUT2D eigenvalue weighted by Crippen LogP contribution is 2.43. The third-order valence-corrected chi connectivity index (χ3v) is 6.37. The minimum Gasteiger partial charge on any atom is -0.497 e. The lowest BCUT2D eigenvalue weighted by molar-refractivity contribution is -0.146. The van der Waals surface area contributed by atoms with Crippen molar-refractivity contribution in [2.45, 2.75) is 40.0 Å². The van der Waals surface area contributed by atoms with Gasteiger partial charge < -0.3 is 13.9 Å². The van der Waals surface area contributed by atoms with Gasteiger partial charge >= 0.3 is 5.97 Å². The predicted molar refractivity (Wildman–Crippen MR) is 138 cm³/mol. The number of benzene rings is 2. The van der Waals surface area contributed by atoms with Gasteiger partial charge in [0.2, 0.25) is 0 Å². The molecule has 0 fully saturated rings. The number of aliphatic imine (C=N–C) groups is 1. The zero-order valence-corrected chi connectivity index (χ0v) is 21.1. The lowest BCUT2D eigenvalue weighted by atomic mass is 9.73. The van der Waals surface area contributed by atoms with Crippen molar-refractivity contribution in [1.29, 1.82) is 0 Å². The van der Waals surface area contributed by atoms with E-state index in [9.17, 15) is 14.4 Å². The zero-order valence-electron chi connectivity index (χ0n) is 21.1. The van der Waals surface area contributed by atoms with Gasteiger partial charge in [-0.3, -0.25) is 19.4 Å². The molecule has 186 valence electrons. The van der Waals surface area contributed by atoms with Gasteiger partial charge in [0.05, 0.1) is 19.1 Å². The summed E-state index contributed by atoms with van der Waals surface area (Å²) in [5, 5.41) is 0.382. The summed E-state index contributed by atoms with van der Waals surface area (Å²) in [5.41, 5.74) is 2.57. The Morgan fingerprint density at radius 3 is 2.44 bits per heavy atom. The normalized spacial score (nSPS) is 17.6. The lowest BCUT2D eigenvalue weighted by Gasteiger charge is -2.32. The van der Waals surface area contributed by atoms with Crippen LogP contribution in [0.2, 0.25) is 0 Å². The van der Waals surface area contributed by atoms with E-state index < -0.39 is 17.8 Å². The monoisotopic (exact) mass is 487 g/mol. The molecule has 0 amide bonds. The number of aryl methyl sites for hydroxylation is 1. The molecule has 0 N–H and O–H groups in total. The Labute approximate surface area is 209 Å².